The molecule has 4 heteroatoms. The second kappa shape index (κ2) is 4.44. The van der Waals surface area contributed by atoms with E-state index in [-0.39, 0.29) is 16.1 Å². The Morgan fingerprint density at radius 3 is 2.67 bits per heavy atom. The van der Waals surface area contributed by atoms with Crippen molar-refractivity contribution in [3.63, 3.8) is 0 Å². The Kier molecular flexibility index (Phi) is 3.11. The van der Waals surface area contributed by atoms with Gasteiger partial charge in [-0.3, -0.25) is 10.1 Å². The molecule has 1 heterocycles. The molecule has 1 aromatic rings. The molecule has 0 radical (unpaired) electrons. The van der Waals surface area contributed by atoms with Crippen molar-refractivity contribution in [1.82, 2.24) is 0 Å². The maximum absolute atomic E-state index is 10.8. The Morgan fingerprint density at radius 1 is 1.39 bits per heavy atom. The first-order valence-corrected chi connectivity index (χ1v) is 6.28. The molecule has 18 heavy (non-hydrogen) atoms. The Balaban J connectivity index is 2.53. The number of nitro benzene ring substituents is 1. The highest BCUT2D eigenvalue weighted by molar-refractivity contribution is 5.82. The number of nitro groups is 1. The van der Waals surface area contributed by atoms with E-state index in [0.717, 1.165) is 24.1 Å². The Labute approximate surface area is 107 Å². The molecule has 1 aromatic carbocycles. The van der Waals surface area contributed by atoms with Crippen molar-refractivity contribution in [2.24, 2.45) is 0 Å². The van der Waals surface area contributed by atoms with E-state index in [1.807, 2.05) is 6.07 Å². The third-order valence-corrected chi connectivity index (χ3v) is 3.59. The molecule has 0 aliphatic carbocycles. The van der Waals surface area contributed by atoms with E-state index in [9.17, 15) is 10.1 Å². The zero-order valence-electron chi connectivity index (χ0n) is 11.0. The summed E-state index contributed by atoms with van der Waals surface area (Å²) in [6, 6.07) is 5.03. The Morgan fingerprint density at radius 2 is 2.11 bits per heavy atom. The summed E-state index contributed by atoms with van der Waals surface area (Å²) in [6.45, 7) is 6.36. The number of hydrogen-bond acceptors (Lipinski definition) is 3. The molecule has 0 bridgehead atoms. The number of nitrogens with zero attached hydrogens (tertiary/aromatic N) is 1. The summed E-state index contributed by atoms with van der Waals surface area (Å²) in [7, 11) is 0. The molecule has 1 atom stereocenters. The maximum Gasteiger partial charge on any atom is 0.270 e. The number of nitrogens with one attached hydrogen (secondary N) is 1. The third-order valence-electron chi connectivity index (χ3n) is 3.59. The summed E-state index contributed by atoms with van der Waals surface area (Å²) in [6.07, 6.45) is 4.05. The van der Waals surface area contributed by atoms with Gasteiger partial charge in [0.25, 0.3) is 5.69 Å². The van der Waals surface area contributed by atoms with Crippen molar-refractivity contribution in [1.29, 1.82) is 0 Å². The fraction of sp³-hybridized carbons (Fsp3) is 0.429. The first-order valence-electron chi connectivity index (χ1n) is 6.28. The minimum absolute atomic E-state index is 0.0610. The van der Waals surface area contributed by atoms with Crippen LogP contribution in [0.25, 0.3) is 5.57 Å². The minimum atomic E-state index is -0.346. The van der Waals surface area contributed by atoms with Crippen LogP contribution in [0.15, 0.2) is 24.3 Å². The summed E-state index contributed by atoms with van der Waals surface area (Å²) in [5.41, 5.74) is 3.21. The van der Waals surface area contributed by atoms with E-state index >= 15 is 0 Å². The number of rotatable bonds is 3. The van der Waals surface area contributed by atoms with Crippen molar-refractivity contribution in [3.8, 4) is 0 Å². The number of anilines is 1. The molecule has 1 aliphatic rings. The fourth-order valence-corrected chi connectivity index (χ4v) is 2.31. The second-order valence-corrected chi connectivity index (χ2v) is 4.91. The number of fused-ring (bicyclic) bond motifs is 1. The van der Waals surface area contributed by atoms with E-state index in [1.54, 1.807) is 12.1 Å². The number of non-ortho nitro benzene ring substituents is 1. The van der Waals surface area contributed by atoms with Crippen molar-refractivity contribution in [3.05, 3.63) is 40.0 Å². The molecule has 1 unspecified atom stereocenters. The highest BCUT2D eigenvalue weighted by atomic mass is 16.6. The van der Waals surface area contributed by atoms with Gasteiger partial charge in [0.15, 0.2) is 0 Å². The highest BCUT2D eigenvalue weighted by Gasteiger charge is 2.27. The van der Waals surface area contributed by atoms with Crippen molar-refractivity contribution in [2.45, 2.75) is 39.2 Å². The monoisotopic (exact) mass is 246 g/mol. The van der Waals surface area contributed by atoms with Gasteiger partial charge in [-0.15, -0.1) is 0 Å². The van der Waals surface area contributed by atoms with Crippen LogP contribution in [0, 0.1) is 10.1 Å². The molecule has 0 aromatic heterocycles. The SMILES string of the molecule is CCC1=CC(C)(CC)Nc2ccc([N+](=O)[O-])cc21. The number of allylic oxidation sites excluding steroid dienone is 1. The van der Waals surface area contributed by atoms with Crippen LogP contribution < -0.4 is 5.32 Å². The number of hydrogen-bond donors (Lipinski definition) is 1. The van der Waals surface area contributed by atoms with E-state index in [1.165, 1.54) is 5.57 Å². The van der Waals surface area contributed by atoms with Crippen LogP contribution in [0.3, 0.4) is 0 Å². The smallest absolute Gasteiger partial charge is 0.270 e. The topological polar surface area (TPSA) is 55.2 Å². The molecule has 0 fully saturated rings. The zero-order valence-corrected chi connectivity index (χ0v) is 11.0. The largest absolute Gasteiger partial charge is 0.376 e. The predicted octanol–water partition coefficient (Wildman–Crippen LogP) is 3.98. The molecular weight excluding hydrogens is 228 g/mol. The zero-order chi connectivity index (χ0) is 13.3. The van der Waals surface area contributed by atoms with Gasteiger partial charge in [0.2, 0.25) is 0 Å². The lowest BCUT2D eigenvalue weighted by Crippen LogP contribution is -2.34. The molecule has 4 nitrogen and oxygen atoms in total. The van der Waals surface area contributed by atoms with E-state index in [2.05, 4.69) is 32.2 Å². The van der Waals surface area contributed by atoms with E-state index in [4.69, 9.17) is 0 Å². The van der Waals surface area contributed by atoms with Crippen LogP contribution in [-0.4, -0.2) is 10.5 Å². The van der Waals surface area contributed by atoms with Gasteiger partial charge in [0, 0.05) is 23.4 Å². The lowest BCUT2D eigenvalue weighted by atomic mass is 9.86. The average Bonchev–Trinajstić information content (AvgIpc) is 2.37. The predicted molar refractivity (Wildman–Crippen MR) is 73.7 cm³/mol. The van der Waals surface area contributed by atoms with Crippen LogP contribution in [-0.2, 0) is 0 Å². The first-order chi connectivity index (χ1) is 8.49. The molecule has 0 saturated heterocycles. The van der Waals surface area contributed by atoms with Crippen LogP contribution in [0.5, 0.6) is 0 Å². The van der Waals surface area contributed by atoms with E-state index in [0.29, 0.717) is 0 Å². The summed E-state index contributed by atoms with van der Waals surface area (Å²) in [5, 5.41) is 14.3. The fourth-order valence-electron chi connectivity index (χ4n) is 2.31. The molecule has 0 spiro atoms. The quantitative estimate of drug-likeness (QED) is 0.648. The molecular formula is C14H18N2O2. The van der Waals surface area contributed by atoms with Gasteiger partial charge in [0.1, 0.15) is 0 Å². The Hall–Kier alpha value is -1.84. The Bertz CT molecular complexity index is 523. The molecule has 1 N–H and O–H groups in total. The van der Waals surface area contributed by atoms with Gasteiger partial charge in [-0.05, 0) is 31.4 Å². The van der Waals surface area contributed by atoms with Crippen LogP contribution in [0.2, 0.25) is 0 Å². The van der Waals surface area contributed by atoms with Crippen LogP contribution in [0.1, 0.15) is 39.2 Å². The lowest BCUT2D eigenvalue weighted by Gasteiger charge is -2.34. The van der Waals surface area contributed by atoms with Crippen LogP contribution in [0.4, 0.5) is 11.4 Å². The van der Waals surface area contributed by atoms with E-state index < -0.39 is 0 Å². The standard InChI is InChI=1S/C14H18N2O2/c1-4-10-9-14(3,5-2)15-13-7-6-11(16(17)18)8-12(10)13/h6-9,15H,4-5H2,1-3H3. The van der Waals surface area contributed by atoms with Crippen molar-refractivity contribution < 1.29 is 4.92 Å². The highest BCUT2D eigenvalue weighted by Crippen LogP contribution is 2.38. The third kappa shape index (κ3) is 2.10. The normalized spacial score (nSPS) is 21.8. The summed E-state index contributed by atoms with van der Waals surface area (Å²) >= 11 is 0. The lowest BCUT2D eigenvalue weighted by molar-refractivity contribution is -0.384. The summed E-state index contributed by atoms with van der Waals surface area (Å²) in [4.78, 5) is 10.5. The van der Waals surface area contributed by atoms with Crippen molar-refractivity contribution >= 4 is 16.9 Å². The second-order valence-electron chi connectivity index (χ2n) is 4.91. The molecule has 0 saturated carbocycles. The maximum atomic E-state index is 10.8. The average molecular weight is 246 g/mol. The van der Waals surface area contributed by atoms with Gasteiger partial charge < -0.3 is 5.32 Å². The number of benzene rings is 1. The molecule has 96 valence electrons. The van der Waals surface area contributed by atoms with Crippen molar-refractivity contribution in [2.75, 3.05) is 5.32 Å². The van der Waals surface area contributed by atoms with Gasteiger partial charge in [-0.1, -0.05) is 19.9 Å². The van der Waals surface area contributed by atoms with Crippen LogP contribution >= 0.6 is 0 Å². The minimum Gasteiger partial charge on any atom is -0.376 e. The van der Waals surface area contributed by atoms with Gasteiger partial charge in [-0.25, -0.2) is 0 Å². The molecule has 0 amide bonds. The molecule has 1 aliphatic heterocycles. The van der Waals surface area contributed by atoms with Gasteiger partial charge in [0.05, 0.1) is 10.5 Å². The summed E-state index contributed by atoms with van der Waals surface area (Å²) in [5.74, 6) is 0. The first kappa shape index (κ1) is 12.6. The summed E-state index contributed by atoms with van der Waals surface area (Å²) < 4.78 is 0. The molecule has 2 rings (SSSR count). The van der Waals surface area contributed by atoms with Gasteiger partial charge in [-0.2, -0.15) is 0 Å². The van der Waals surface area contributed by atoms with Gasteiger partial charge >= 0.3 is 0 Å².